The van der Waals surface area contributed by atoms with E-state index in [-0.39, 0.29) is 15.5 Å². The third-order valence-electron chi connectivity index (χ3n) is 3.79. The van der Waals surface area contributed by atoms with Crippen LogP contribution in [0.4, 0.5) is 10.1 Å². The van der Waals surface area contributed by atoms with E-state index in [9.17, 15) is 17.6 Å². The van der Waals surface area contributed by atoms with Crippen molar-refractivity contribution in [2.75, 3.05) is 29.9 Å². The molecule has 1 N–H and O–H groups in total. The molecule has 134 valence electrons. The summed E-state index contributed by atoms with van der Waals surface area (Å²) >= 11 is 2.74. The van der Waals surface area contributed by atoms with E-state index < -0.39 is 21.7 Å². The smallest absolute Gasteiger partial charge is 0.267 e. The molecule has 0 saturated carbocycles. The van der Waals surface area contributed by atoms with Crippen LogP contribution in [-0.2, 0) is 10.0 Å². The average molecular weight is 401 g/mol. The third kappa shape index (κ3) is 3.89. The van der Waals surface area contributed by atoms with Crippen LogP contribution in [-0.4, -0.2) is 43.2 Å². The SMILES string of the molecule is Cc1ccc(F)c(NC(=O)c2sccc2S(=O)(=O)N2CCSCC2)c1. The molecule has 1 fully saturated rings. The molecule has 0 bridgehead atoms. The second-order valence-corrected chi connectivity index (χ2v) is 9.62. The Hall–Kier alpha value is -1.42. The molecule has 1 aromatic heterocycles. The van der Waals surface area contributed by atoms with Crippen molar-refractivity contribution >= 4 is 44.7 Å². The van der Waals surface area contributed by atoms with Gasteiger partial charge >= 0.3 is 0 Å². The van der Waals surface area contributed by atoms with E-state index in [2.05, 4.69) is 5.32 Å². The van der Waals surface area contributed by atoms with Crippen LogP contribution >= 0.6 is 23.1 Å². The number of nitrogens with zero attached hydrogens (tertiary/aromatic N) is 1. The number of carbonyl (C=O) groups is 1. The van der Waals surface area contributed by atoms with E-state index in [1.807, 2.05) is 0 Å². The largest absolute Gasteiger partial charge is 0.319 e. The van der Waals surface area contributed by atoms with Crippen LogP contribution in [0.1, 0.15) is 15.2 Å². The lowest BCUT2D eigenvalue weighted by atomic mass is 10.2. The Kier molecular flexibility index (Phi) is 5.47. The van der Waals surface area contributed by atoms with Crippen LogP contribution in [0.5, 0.6) is 0 Å². The summed E-state index contributed by atoms with van der Waals surface area (Å²) in [6.45, 7) is 2.64. The van der Waals surface area contributed by atoms with Gasteiger partial charge in [0.15, 0.2) is 0 Å². The second-order valence-electron chi connectivity index (χ2n) is 5.57. The quantitative estimate of drug-likeness (QED) is 0.856. The van der Waals surface area contributed by atoms with Crippen molar-refractivity contribution in [2.45, 2.75) is 11.8 Å². The Morgan fingerprint density at radius 1 is 1.24 bits per heavy atom. The zero-order chi connectivity index (χ0) is 18.0. The highest BCUT2D eigenvalue weighted by atomic mass is 32.2. The minimum Gasteiger partial charge on any atom is -0.319 e. The summed E-state index contributed by atoms with van der Waals surface area (Å²) in [6.07, 6.45) is 0. The number of sulfonamides is 1. The topological polar surface area (TPSA) is 66.5 Å². The molecule has 0 spiro atoms. The standard InChI is InChI=1S/C16H17FN2O3S3/c1-11-2-3-12(17)13(10-11)18-16(20)15-14(4-7-24-15)25(21,22)19-5-8-23-9-6-19/h2-4,7,10H,5-6,8-9H2,1H3,(H,18,20). The Morgan fingerprint density at radius 3 is 2.68 bits per heavy atom. The van der Waals surface area contributed by atoms with Crippen molar-refractivity contribution in [1.29, 1.82) is 0 Å². The van der Waals surface area contributed by atoms with Crippen molar-refractivity contribution in [3.05, 3.63) is 45.9 Å². The minimum atomic E-state index is -3.73. The molecule has 2 heterocycles. The molecule has 0 unspecified atom stereocenters. The lowest BCUT2D eigenvalue weighted by Gasteiger charge is -2.25. The molecule has 1 aliphatic heterocycles. The fourth-order valence-corrected chi connectivity index (χ4v) is 6.38. The van der Waals surface area contributed by atoms with Crippen LogP contribution in [0.25, 0.3) is 0 Å². The van der Waals surface area contributed by atoms with Crippen LogP contribution < -0.4 is 5.32 Å². The Morgan fingerprint density at radius 2 is 1.96 bits per heavy atom. The van der Waals surface area contributed by atoms with E-state index in [0.717, 1.165) is 28.4 Å². The van der Waals surface area contributed by atoms with Crippen LogP contribution in [0.15, 0.2) is 34.5 Å². The zero-order valence-corrected chi connectivity index (χ0v) is 15.9. The van der Waals surface area contributed by atoms with Gasteiger partial charge in [-0.3, -0.25) is 4.79 Å². The molecule has 5 nitrogen and oxygen atoms in total. The summed E-state index contributed by atoms with van der Waals surface area (Å²) < 4.78 is 40.9. The maximum absolute atomic E-state index is 13.9. The zero-order valence-electron chi connectivity index (χ0n) is 13.5. The molecule has 25 heavy (non-hydrogen) atoms. The van der Waals surface area contributed by atoms with E-state index in [1.54, 1.807) is 30.1 Å². The van der Waals surface area contributed by atoms with E-state index in [1.165, 1.54) is 22.5 Å². The van der Waals surface area contributed by atoms with Gasteiger partial charge in [-0.25, -0.2) is 12.8 Å². The number of rotatable bonds is 4. The fraction of sp³-hybridized carbons (Fsp3) is 0.312. The highest BCUT2D eigenvalue weighted by Gasteiger charge is 2.31. The first kappa shape index (κ1) is 18.4. The molecule has 2 aromatic rings. The van der Waals surface area contributed by atoms with Gasteiger partial charge in [-0.05, 0) is 36.1 Å². The average Bonchev–Trinajstić information content (AvgIpc) is 3.09. The van der Waals surface area contributed by atoms with Gasteiger partial charge in [0.05, 0.1) is 5.69 Å². The van der Waals surface area contributed by atoms with Gasteiger partial charge < -0.3 is 5.32 Å². The van der Waals surface area contributed by atoms with Gasteiger partial charge in [-0.15, -0.1) is 11.3 Å². The monoisotopic (exact) mass is 400 g/mol. The predicted molar refractivity (Wildman–Crippen MR) is 99.5 cm³/mol. The fourth-order valence-electron chi connectivity index (χ4n) is 2.51. The normalized spacial score (nSPS) is 15.9. The van der Waals surface area contributed by atoms with Gasteiger partial charge in [-0.2, -0.15) is 16.1 Å². The molecule has 1 aliphatic rings. The van der Waals surface area contributed by atoms with Gasteiger partial charge in [0.1, 0.15) is 15.6 Å². The first-order valence-corrected chi connectivity index (χ1v) is 11.1. The number of halogens is 1. The molecule has 0 aliphatic carbocycles. The van der Waals surface area contributed by atoms with E-state index >= 15 is 0 Å². The predicted octanol–water partition coefficient (Wildman–Crippen LogP) is 3.19. The summed E-state index contributed by atoms with van der Waals surface area (Å²) in [6, 6.07) is 5.81. The summed E-state index contributed by atoms with van der Waals surface area (Å²) in [5.41, 5.74) is 0.831. The number of amides is 1. The van der Waals surface area contributed by atoms with E-state index in [4.69, 9.17) is 0 Å². The Bertz CT molecular complexity index is 890. The molecule has 1 saturated heterocycles. The number of thioether (sulfide) groups is 1. The second kappa shape index (κ2) is 7.45. The minimum absolute atomic E-state index is 0.0186. The highest BCUT2D eigenvalue weighted by molar-refractivity contribution is 7.99. The first-order valence-electron chi connectivity index (χ1n) is 7.62. The van der Waals surface area contributed by atoms with Gasteiger partial charge in [0.25, 0.3) is 5.91 Å². The highest BCUT2D eigenvalue weighted by Crippen LogP contribution is 2.28. The number of hydrogen-bond acceptors (Lipinski definition) is 5. The lowest BCUT2D eigenvalue weighted by molar-refractivity contribution is 0.102. The van der Waals surface area contributed by atoms with Crippen molar-refractivity contribution in [1.82, 2.24) is 4.31 Å². The first-order chi connectivity index (χ1) is 11.9. The number of hydrogen-bond donors (Lipinski definition) is 1. The van der Waals surface area contributed by atoms with Crippen molar-refractivity contribution in [2.24, 2.45) is 0 Å². The third-order valence-corrected chi connectivity index (χ3v) is 7.72. The van der Waals surface area contributed by atoms with Crippen molar-refractivity contribution in [3.63, 3.8) is 0 Å². The maximum atomic E-state index is 13.9. The number of nitrogens with one attached hydrogen (secondary N) is 1. The number of benzene rings is 1. The van der Waals surface area contributed by atoms with Gasteiger partial charge in [-0.1, -0.05) is 6.07 Å². The molecule has 9 heteroatoms. The molecule has 1 amide bonds. The molecule has 1 aromatic carbocycles. The number of thiophene rings is 1. The number of aryl methyl sites for hydroxylation is 1. The van der Waals surface area contributed by atoms with Crippen LogP contribution in [0.3, 0.4) is 0 Å². The lowest BCUT2D eigenvalue weighted by Crippen LogP contribution is -2.38. The van der Waals surface area contributed by atoms with Crippen molar-refractivity contribution in [3.8, 4) is 0 Å². The van der Waals surface area contributed by atoms with E-state index in [0.29, 0.717) is 13.1 Å². The summed E-state index contributed by atoms with van der Waals surface area (Å²) in [7, 11) is -3.73. The summed E-state index contributed by atoms with van der Waals surface area (Å²) in [5.74, 6) is 0.288. The van der Waals surface area contributed by atoms with Crippen LogP contribution in [0.2, 0.25) is 0 Å². The summed E-state index contributed by atoms with van der Waals surface area (Å²) in [5, 5.41) is 4.04. The molecule has 3 rings (SSSR count). The number of carbonyl (C=O) groups excluding carboxylic acids is 1. The molecule has 0 atom stereocenters. The Balaban J connectivity index is 1.88. The molecular formula is C16H17FN2O3S3. The summed E-state index contributed by atoms with van der Waals surface area (Å²) in [4.78, 5) is 12.6. The maximum Gasteiger partial charge on any atom is 0.267 e. The van der Waals surface area contributed by atoms with Crippen molar-refractivity contribution < 1.29 is 17.6 Å². The molecule has 0 radical (unpaired) electrons. The number of anilines is 1. The van der Waals surface area contributed by atoms with Gasteiger partial charge in [0, 0.05) is 24.6 Å². The Labute approximate surface area is 154 Å². The molecular weight excluding hydrogens is 383 g/mol. The van der Waals surface area contributed by atoms with Gasteiger partial charge in [0.2, 0.25) is 10.0 Å². The van der Waals surface area contributed by atoms with Crippen LogP contribution in [0, 0.1) is 12.7 Å².